The molecule has 0 unspecified atom stereocenters. The third-order valence-electron chi connectivity index (χ3n) is 1.88. The highest BCUT2D eigenvalue weighted by molar-refractivity contribution is 4.73. The predicted octanol–water partition coefficient (Wildman–Crippen LogP) is 2.66. The molecule has 1 saturated carbocycles. The second-order valence-corrected chi connectivity index (χ2v) is 3.47. The Morgan fingerprint density at radius 1 is 1.45 bits per heavy atom. The second kappa shape index (κ2) is 3.05. The lowest BCUT2D eigenvalue weighted by molar-refractivity contribution is -0.266. The molecular weight excluding hydrogens is 150 g/mol. The van der Waals surface area contributed by atoms with Crippen LogP contribution in [0.15, 0.2) is 0 Å². The van der Waals surface area contributed by atoms with Crippen molar-refractivity contribution >= 4 is 0 Å². The number of hydrogen-bond acceptors (Lipinski definition) is 1. The van der Waals surface area contributed by atoms with Crippen molar-refractivity contribution in [3.63, 3.8) is 0 Å². The van der Waals surface area contributed by atoms with E-state index in [-0.39, 0.29) is 6.61 Å². The van der Waals surface area contributed by atoms with Crippen LogP contribution in [0.5, 0.6) is 0 Å². The Hall–Kier alpha value is -0.180. The van der Waals surface area contributed by atoms with Crippen LogP contribution in [-0.2, 0) is 4.74 Å². The van der Waals surface area contributed by atoms with Crippen molar-refractivity contribution in [2.45, 2.75) is 32.8 Å². The van der Waals surface area contributed by atoms with Crippen LogP contribution in [0.2, 0.25) is 0 Å². The average molecular weight is 164 g/mol. The Morgan fingerprint density at radius 3 is 2.36 bits per heavy atom. The maximum absolute atomic E-state index is 12.7. The molecule has 0 aromatic rings. The van der Waals surface area contributed by atoms with Gasteiger partial charge in [-0.3, -0.25) is 0 Å². The van der Waals surface area contributed by atoms with Crippen LogP contribution in [0, 0.1) is 11.8 Å². The summed E-state index contributed by atoms with van der Waals surface area (Å²) >= 11 is 0. The summed E-state index contributed by atoms with van der Waals surface area (Å²) in [6.45, 7) is 3.16. The molecule has 0 radical (unpaired) electrons. The molecule has 0 heterocycles. The molecule has 1 rings (SSSR count). The first-order valence-electron chi connectivity index (χ1n) is 4.04. The Balaban J connectivity index is 2.20. The largest absolute Gasteiger partial charge is 0.357 e. The fraction of sp³-hybridized carbons (Fsp3) is 1.00. The van der Waals surface area contributed by atoms with Crippen molar-refractivity contribution in [3.8, 4) is 0 Å². The van der Waals surface area contributed by atoms with Gasteiger partial charge in [0.15, 0.2) is 0 Å². The Morgan fingerprint density at radius 2 is 2.00 bits per heavy atom. The summed E-state index contributed by atoms with van der Waals surface area (Å²) in [5.74, 6) is -0.319. The molecule has 1 aliphatic rings. The zero-order valence-corrected chi connectivity index (χ0v) is 6.94. The molecule has 66 valence electrons. The highest BCUT2D eigenvalue weighted by Crippen LogP contribution is 2.33. The van der Waals surface area contributed by atoms with Gasteiger partial charge in [-0.15, -0.1) is 0 Å². The van der Waals surface area contributed by atoms with E-state index in [1.165, 1.54) is 13.8 Å². The first-order valence-corrected chi connectivity index (χ1v) is 4.04. The standard InChI is InChI=1S/C8H14F2O/c1-6(2)8(9,10)11-5-7-3-4-7/h6-7H,3-5H2,1-2H3. The molecule has 1 aliphatic carbocycles. The van der Waals surface area contributed by atoms with Gasteiger partial charge in [0.1, 0.15) is 0 Å². The van der Waals surface area contributed by atoms with Gasteiger partial charge in [0, 0.05) is 5.92 Å². The summed E-state index contributed by atoms with van der Waals surface area (Å²) in [7, 11) is 0. The van der Waals surface area contributed by atoms with Gasteiger partial charge in [-0.25, -0.2) is 0 Å². The smallest absolute Gasteiger partial charge is 0.320 e. The molecule has 1 nitrogen and oxygen atoms in total. The van der Waals surface area contributed by atoms with Gasteiger partial charge in [0.25, 0.3) is 0 Å². The minimum Gasteiger partial charge on any atom is -0.320 e. The topological polar surface area (TPSA) is 9.23 Å². The average Bonchev–Trinajstić information content (AvgIpc) is 2.65. The lowest BCUT2D eigenvalue weighted by Gasteiger charge is -2.19. The molecular formula is C8H14F2O. The number of halogens is 2. The molecule has 0 spiro atoms. The maximum atomic E-state index is 12.7. The van der Waals surface area contributed by atoms with E-state index >= 15 is 0 Å². The lowest BCUT2D eigenvalue weighted by atomic mass is 10.2. The van der Waals surface area contributed by atoms with Gasteiger partial charge >= 0.3 is 6.11 Å². The predicted molar refractivity (Wildman–Crippen MR) is 38.5 cm³/mol. The summed E-state index contributed by atoms with van der Waals surface area (Å²) < 4.78 is 29.9. The van der Waals surface area contributed by atoms with E-state index < -0.39 is 12.0 Å². The minimum absolute atomic E-state index is 0.227. The summed E-state index contributed by atoms with van der Waals surface area (Å²) in [4.78, 5) is 0. The number of alkyl halides is 2. The lowest BCUT2D eigenvalue weighted by Crippen LogP contribution is -2.28. The zero-order valence-electron chi connectivity index (χ0n) is 6.94. The summed E-state index contributed by atoms with van der Waals surface area (Å²) in [6, 6.07) is 0. The molecule has 0 amide bonds. The monoisotopic (exact) mass is 164 g/mol. The van der Waals surface area contributed by atoms with Crippen molar-refractivity contribution in [3.05, 3.63) is 0 Å². The van der Waals surface area contributed by atoms with Crippen LogP contribution in [0.25, 0.3) is 0 Å². The Bertz CT molecular complexity index is 130. The molecule has 0 N–H and O–H groups in total. The maximum Gasteiger partial charge on any atom is 0.357 e. The summed E-state index contributed by atoms with van der Waals surface area (Å²) in [5, 5.41) is 0. The fourth-order valence-corrected chi connectivity index (χ4v) is 0.680. The van der Waals surface area contributed by atoms with Crippen molar-refractivity contribution < 1.29 is 13.5 Å². The van der Waals surface area contributed by atoms with E-state index in [0.29, 0.717) is 5.92 Å². The highest BCUT2D eigenvalue weighted by Gasteiger charge is 2.36. The van der Waals surface area contributed by atoms with Crippen LogP contribution in [-0.4, -0.2) is 12.7 Å². The van der Waals surface area contributed by atoms with Crippen molar-refractivity contribution in [2.75, 3.05) is 6.61 Å². The second-order valence-electron chi connectivity index (χ2n) is 3.47. The van der Waals surface area contributed by atoms with Crippen molar-refractivity contribution in [1.82, 2.24) is 0 Å². The van der Waals surface area contributed by atoms with Crippen LogP contribution >= 0.6 is 0 Å². The molecule has 11 heavy (non-hydrogen) atoms. The first-order chi connectivity index (χ1) is 5.02. The van der Waals surface area contributed by atoms with Gasteiger partial charge < -0.3 is 4.74 Å². The minimum atomic E-state index is -2.93. The van der Waals surface area contributed by atoms with E-state index in [1.54, 1.807) is 0 Å². The van der Waals surface area contributed by atoms with Gasteiger partial charge in [-0.05, 0) is 18.8 Å². The highest BCUT2D eigenvalue weighted by atomic mass is 19.3. The van der Waals surface area contributed by atoms with Gasteiger partial charge in [-0.2, -0.15) is 8.78 Å². The molecule has 0 bridgehead atoms. The molecule has 0 saturated heterocycles. The van der Waals surface area contributed by atoms with Gasteiger partial charge in [0.2, 0.25) is 0 Å². The third-order valence-corrected chi connectivity index (χ3v) is 1.88. The molecule has 0 aromatic carbocycles. The van der Waals surface area contributed by atoms with Gasteiger partial charge in [-0.1, -0.05) is 13.8 Å². The third kappa shape index (κ3) is 2.73. The van der Waals surface area contributed by atoms with Gasteiger partial charge in [0.05, 0.1) is 6.61 Å². The molecule has 1 fully saturated rings. The van der Waals surface area contributed by atoms with E-state index in [2.05, 4.69) is 4.74 Å². The van der Waals surface area contributed by atoms with E-state index in [9.17, 15) is 8.78 Å². The SMILES string of the molecule is CC(C)C(F)(F)OCC1CC1. The summed E-state index contributed by atoms with van der Waals surface area (Å²) in [5.41, 5.74) is 0. The number of ether oxygens (including phenoxy) is 1. The van der Waals surface area contributed by atoms with Crippen LogP contribution in [0.4, 0.5) is 8.78 Å². The summed E-state index contributed by atoms with van der Waals surface area (Å²) in [6.07, 6.45) is -0.828. The fourth-order valence-electron chi connectivity index (χ4n) is 0.680. The van der Waals surface area contributed by atoms with Crippen molar-refractivity contribution in [2.24, 2.45) is 11.8 Å². The normalized spacial score (nSPS) is 19.4. The molecule has 0 aliphatic heterocycles. The first kappa shape index (κ1) is 8.91. The number of hydrogen-bond donors (Lipinski definition) is 0. The Kier molecular flexibility index (Phi) is 2.47. The molecule has 3 heteroatoms. The molecule has 0 atom stereocenters. The zero-order chi connectivity index (χ0) is 8.48. The Labute approximate surface area is 65.7 Å². The molecule has 0 aromatic heterocycles. The van der Waals surface area contributed by atoms with Crippen molar-refractivity contribution in [1.29, 1.82) is 0 Å². The number of rotatable bonds is 4. The van der Waals surface area contributed by atoms with Crippen LogP contribution < -0.4 is 0 Å². The van der Waals surface area contributed by atoms with E-state index in [0.717, 1.165) is 12.8 Å². The quantitative estimate of drug-likeness (QED) is 0.620. The van der Waals surface area contributed by atoms with E-state index in [4.69, 9.17) is 0 Å². The van der Waals surface area contributed by atoms with E-state index in [1.807, 2.05) is 0 Å². The van der Waals surface area contributed by atoms with Crippen LogP contribution in [0.1, 0.15) is 26.7 Å². The van der Waals surface area contributed by atoms with Crippen LogP contribution in [0.3, 0.4) is 0 Å².